The normalized spacial score (nSPS) is 11.4. The van der Waals surface area contributed by atoms with E-state index in [1.54, 1.807) is 0 Å². The van der Waals surface area contributed by atoms with E-state index >= 15 is 0 Å². The first-order valence-electron chi connectivity index (χ1n) is 7.56. The predicted molar refractivity (Wildman–Crippen MR) is 76.2 cm³/mol. The van der Waals surface area contributed by atoms with Crippen LogP contribution in [0.25, 0.3) is 0 Å². The van der Waals surface area contributed by atoms with Gasteiger partial charge in [0, 0.05) is 12.3 Å². The molecule has 0 radical (unpaired) electrons. The van der Waals surface area contributed by atoms with Gasteiger partial charge in [-0.25, -0.2) is 0 Å². The van der Waals surface area contributed by atoms with Gasteiger partial charge in [-0.05, 0) is 12.3 Å². The molecule has 0 aromatic heterocycles. The molecular weight excluding hydrogens is 208 g/mol. The minimum absolute atomic E-state index is 0.228. The summed E-state index contributed by atoms with van der Waals surface area (Å²) in [5.41, 5.74) is 0. The van der Waals surface area contributed by atoms with Crippen molar-refractivity contribution in [3.8, 4) is 0 Å². The van der Waals surface area contributed by atoms with Gasteiger partial charge in [0.25, 0.3) is 0 Å². The van der Waals surface area contributed by atoms with E-state index in [9.17, 15) is 4.79 Å². The topological polar surface area (TPSA) is 17.1 Å². The van der Waals surface area contributed by atoms with Crippen molar-refractivity contribution in [2.24, 2.45) is 11.8 Å². The average molecular weight is 240 g/mol. The van der Waals surface area contributed by atoms with Gasteiger partial charge >= 0.3 is 0 Å². The van der Waals surface area contributed by atoms with E-state index < -0.39 is 0 Å². The third-order valence-corrected chi connectivity index (χ3v) is 3.35. The smallest absolute Gasteiger partial charge is 0.135 e. The fourth-order valence-electron chi connectivity index (χ4n) is 2.02. The highest BCUT2D eigenvalue weighted by Gasteiger charge is 2.05. The number of carbonyl (C=O) groups is 1. The second kappa shape index (κ2) is 10.8. The Labute approximate surface area is 108 Å². The number of hydrogen-bond donors (Lipinski definition) is 0. The summed E-state index contributed by atoms with van der Waals surface area (Å²) < 4.78 is 0. The molecule has 1 heteroatoms. The van der Waals surface area contributed by atoms with E-state index in [0.29, 0.717) is 5.78 Å². The molecule has 0 aliphatic heterocycles. The summed E-state index contributed by atoms with van der Waals surface area (Å²) in [7, 11) is 0. The highest BCUT2D eigenvalue weighted by Crippen LogP contribution is 2.13. The summed E-state index contributed by atoms with van der Waals surface area (Å²) >= 11 is 0. The van der Waals surface area contributed by atoms with Crippen molar-refractivity contribution < 1.29 is 4.79 Å². The number of unbranched alkanes of at least 4 members (excludes halogenated alkanes) is 6. The zero-order valence-electron chi connectivity index (χ0n) is 12.4. The standard InChI is InChI=1S/C16H32O/c1-14(2)12-10-8-6-5-7-9-11-13-16(17)15(3)4/h14-15H,5-13H2,1-4H3. The molecule has 0 heterocycles. The first-order valence-corrected chi connectivity index (χ1v) is 7.56. The van der Waals surface area contributed by atoms with E-state index in [2.05, 4.69) is 13.8 Å². The fraction of sp³-hybridized carbons (Fsp3) is 0.938. The molecule has 102 valence electrons. The molecule has 1 nitrogen and oxygen atoms in total. The molecule has 0 aromatic carbocycles. The summed E-state index contributed by atoms with van der Waals surface area (Å²) in [5.74, 6) is 1.52. The van der Waals surface area contributed by atoms with Gasteiger partial charge in [0.2, 0.25) is 0 Å². The van der Waals surface area contributed by atoms with Crippen molar-refractivity contribution in [2.75, 3.05) is 0 Å². The van der Waals surface area contributed by atoms with Crippen LogP contribution in [0.5, 0.6) is 0 Å². The Morgan fingerprint density at radius 1 is 0.765 bits per heavy atom. The van der Waals surface area contributed by atoms with Gasteiger partial charge in [-0.15, -0.1) is 0 Å². The Bertz CT molecular complexity index is 182. The van der Waals surface area contributed by atoms with Crippen LogP contribution in [0, 0.1) is 11.8 Å². The first kappa shape index (κ1) is 16.7. The summed E-state index contributed by atoms with van der Waals surface area (Å²) in [6.45, 7) is 8.59. The lowest BCUT2D eigenvalue weighted by atomic mass is 10.0. The van der Waals surface area contributed by atoms with Crippen molar-refractivity contribution >= 4 is 5.78 Å². The number of hydrogen-bond acceptors (Lipinski definition) is 1. The van der Waals surface area contributed by atoms with Gasteiger partial charge in [0.1, 0.15) is 5.78 Å². The van der Waals surface area contributed by atoms with Crippen LogP contribution in [-0.2, 0) is 4.79 Å². The molecule has 0 aliphatic carbocycles. The van der Waals surface area contributed by atoms with Crippen LogP contribution in [0.1, 0.15) is 85.5 Å². The molecule has 0 aromatic rings. The quantitative estimate of drug-likeness (QED) is 0.443. The molecule has 0 spiro atoms. The minimum Gasteiger partial charge on any atom is -0.299 e. The Morgan fingerprint density at radius 2 is 1.24 bits per heavy atom. The van der Waals surface area contributed by atoms with E-state index in [-0.39, 0.29) is 5.92 Å². The van der Waals surface area contributed by atoms with Crippen LogP contribution in [0.4, 0.5) is 0 Å². The molecule has 0 saturated heterocycles. The van der Waals surface area contributed by atoms with Crippen molar-refractivity contribution in [3.63, 3.8) is 0 Å². The zero-order valence-corrected chi connectivity index (χ0v) is 12.4. The molecule has 0 rings (SSSR count). The Morgan fingerprint density at radius 3 is 1.71 bits per heavy atom. The highest BCUT2D eigenvalue weighted by atomic mass is 16.1. The molecule has 17 heavy (non-hydrogen) atoms. The molecule has 0 amide bonds. The Balaban J connectivity index is 3.11. The zero-order chi connectivity index (χ0) is 13.1. The second-order valence-corrected chi connectivity index (χ2v) is 6.03. The lowest BCUT2D eigenvalue weighted by Gasteiger charge is -2.05. The van der Waals surface area contributed by atoms with E-state index in [1.807, 2.05) is 13.8 Å². The van der Waals surface area contributed by atoms with E-state index in [1.165, 1.54) is 44.9 Å². The van der Waals surface area contributed by atoms with Gasteiger partial charge < -0.3 is 0 Å². The molecule has 0 fully saturated rings. The summed E-state index contributed by atoms with van der Waals surface area (Å²) in [6, 6.07) is 0. The van der Waals surface area contributed by atoms with Crippen molar-refractivity contribution in [3.05, 3.63) is 0 Å². The molecular formula is C16H32O. The number of ketones is 1. The van der Waals surface area contributed by atoms with Gasteiger partial charge in [0.05, 0.1) is 0 Å². The number of Topliss-reactive ketones (excluding diaryl/α,β-unsaturated/α-hetero) is 1. The maximum atomic E-state index is 11.4. The van der Waals surface area contributed by atoms with E-state index in [0.717, 1.165) is 18.8 Å². The fourth-order valence-corrected chi connectivity index (χ4v) is 2.02. The van der Waals surface area contributed by atoms with Crippen LogP contribution in [0.2, 0.25) is 0 Å². The predicted octanol–water partition coefficient (Wildman–Crippen LogP) is 5.38. The van der Waals surface area contributed by atoms with Gasteiger partial charge in [-0.1, -0.05) is 72.6 Å². The van der Waals surface area contributed by atoms with Crippen molar-refractivity contribution in [1.29, 1.82) is 0 Å². The molecule has 0 saturated carbocycles. The van der Waals surface area contributed by atoms with Gasteiger partial charge in [-0.3, -0.25) is 4.79 Å². The van der Waals surface area contributed by atoms with Crippen LogP contribution < -0.4 is 0 Å². The Kier molecular flexibility index (Phi) is 10.6. The van der Waals surface area contributed by atoms with E-state index in [4.69, 9.17) is 0 Å². The lowest BCUT2D eigenvalue weighted by Crippen LogP contribution is -2.05. The molecule has 0 bridgehead atoms. The largest absolute Gasteiger partial charge is 0.299 e. The Hall–Kier alpha value is -0.330. The van der Waals surface area contributed by atoms with Crippen LogP contribution in [-0.4, -0.2) is 5.78 Å². The summed E-state index contributed by atoms with van der Waals surface area (Å²) in [6.07, 6.45) is 11.3. The third kappa shape index (κ3) is 11.9. The van der Waals surface area contributed by atoms with Crippen LogP contribution in [0.15, 0.2) is 0 Å². The number of carbonyl (C=O) groups excluding carboxylic acids is 1. The molecule has 0 aliphatic rings. The number of rotatable bonds is 11. The van der Waals surface area contributed by atoms with Gasteiger partial charge in [-0.2, -0.15) is 0 Å². The molecule has 0 atom stereocenters. The maximum Gasteiger partial charge on any atom is 0.135 e. The SMILES string of the molecule is CC(C)CCCCCCCCCC(=O)C(C)C. The van der Waals surface area contributed by atoms with Crippen molar-refractivity contribution in [2.45, 2.75) is 85.5 Å². The summed E-state index contributed by atoms with van der Waals surface area (Å²) in [5, 5.41) is 0. The van der Waals surface area contributed by atoms with Gasteiger partial charge in [0.15, 0.2) is 0 Å². The molecule has 0 unspecified atom stereocenters. The third-order valence-electron chi connectivity index (χ3n) is 3.35. The highest BCUT2D eigenvalue weighted by molar-refractivity contribution is 5.80. The summed E-state index contributed by atoms with van der Waals surface area (Å²) in [4.78, 5) is 11.4. The van der Waals surface area contributed by atoms with Crippen molar-refractivity contribution in [1.82, 2.24) is 0 Å². The molecule has 0 N–H and O–H groups in total. The lowest BCUT2D eigenvalue weighted by molar-refractivity contribution is -0.122. The maximum absolute atomic E-state index is 11.4. The van der Waals surface area contributed by atoms with Crippen LogP contribution >= 0.6 is 0 Å². The van der Waals surface area contributed by atoms with Crippen LogP contribution in [0.3, 0.4) is 0 Å². The average Bonchev–Trinajstić information content (AvgIpc) is 2.25. The first-order chi connectivity index (χ1) is 8.04. The monoisotopic (exact) mass is 240 g/mol. The second-order valence-electron chi connectivity index (χ2n) is 6.03. The minimum atomic E-state index is 0.228.